The summed E-state index contributed by atoms with van der Waals surface area (Å²) in [5.41, 5.74) is 0.588. The largest absolute Gasteiger partial charge is 0.348 e. The van der Waals surface area contributed by atoms with Crippen LogP contribution in [0, 0.1) is 9.49 Å². The van der Waals surface area contributed by atoms with Gasteiger partial charge in [0.1, 0.15) is 0 Å². The lowest BCUT2D eigenvalue weighted by atomic mass is 9.84. The van der Waals surface area contributed by atoms with Gasteiger partial charge < -0.3 is 10.2 Å². The van der Waals surface area contributed by atoms with Crippen LogP contribution in [0.25, 0.3) is 0 Å². The van der Waals surface area contributed by atoms with E-state index in [0.29, 0.717) is 16.5 Å². The van der Waals surface area contributed by atoms with Gasteiger partial charge >= 0.3 is 0 Å². The third kappa shape index (κ3) is 2.90. The molecular formula is C14H16ClIN2O. The summed E-state index contributed by atoms with van der Waals surface area (Å²) in [5, 5.41) is 3.69. The van der Waals surface area contributed by atoms with Crippen LogP contribution in [0.3, 0.4) is 0 Å². The molecule has 19 heavy (non-hydrogen) atoms. The highest BCUT2D eigenvalue weighted by Gasteiger charge is 2.35. The van der Waals surface area contributed by atoms with Gasteiger partial charge in [-0.2, -0.15) is 0 Å². The monoisotopic (exact) mass is 390 g/mol. The highest BCUT2D eigenvalue weighted by molar-refractivity contribution is 14.1. The maximum absolute atomic E-state index is 12.3. The van der Waals surface area contributed by atoms with Gasteiger partial charge in [0.15, 0.2) is 0 Å². The summed E-state index contributed by atoms with van der Waals surface area (Å²) < 4.78 is 1.03. The molecule has 3 nitrogen and oxygen atoms in total. The number of nitrogens with one attached hydrogen (secondary N) is 1. The fourth-order valence-corrected chi connectivity index (χ4v) is 3.74. The van der Waals surface area contributed by atoms with Crippen LogP contribution >= 0.6 is 34.2 Å². The Hall–Kier alpha value is -0.330. The number of hydrogen-bond donors (Lipinski definition) is 1. The molecule has 1 N–H and O–H groups in total. The van der Waals surface area contributed by atoms with Gasteiger partial charge in [0.25, 0.3) is 5.91 Å². The minimum absolute atomic E-state index is 0.0396. The molecule has 0 radical (unpaired) electrons. The lowest BCUT2D eigenvalue weighted by molar-refractivity contribution is 0.0620. The second-order valence-electron chi connectivity index (χ2n) is 5.34. The van der Waals surface area contributed by atoms with E-state index in [2.05, 4.69) is 32.8 Å². The number of benzene rings is 1. The number of piperidine rings is 3. The van der Waals surface area contributed by atoms with Gasteiger partial charge in [-0.15, -0.1) is 0 Å². The van der Waals surface area contributed by atoms with Crippen LogP contribution in [0.5, 0.6) is 0 Å². The van der Waals surface area contributed by atoms with E-state index < -0.39 is 0 Å². The molecule has 5 heteroatoms. The Morgan fingerprint density at radius 2 is 2.11 bits per heavy atom. The number of amides is 1. The second kappa shape index (κ2) is 5.58. The molecule has 0 aromatic heterocycles. The maximum Gasteiger partial charge on any atom is 0.253 e. The lowest BCUT2D eigenvalue weighted by Gasteiger charge is -2.44. The van der Waals surface area contributed by atoms with Crippen LogP contribution in [-0.2, 0) is 0 Å². The number of fused-ring (bicyclic) bond motifs is 3. The Morgan fingerprint density at radius 1 is 1.37 bits per heavy atom. The molecule has 1 atom stereocenters. The van der Waals surface area contributed by atoms with Crippen molar-refractivity contribution in [2.24, 2.45) is 5.92 Å². The first-order valence-corrected chi connectivity index (χ1v) is 8.07. The smallest absolute Gasteiger partial charge is 0.253 e. The van der Waals surface area contributed by atoms with Gasteiger partial charge in [-0.1, -0.05) is 11.6 Å². The minimum atomic E-state index is -0.0396. The average Bonchev–Trinajstić information content (AvgIpc) is 2.43. The van der Waals surface area contributed by atoms with E-state index in [1.807, 2.05) is 12.1 Å². The quantitative estimate of drug-likeness (QED) is 0.788. The normalized spacial score (nSPS) is 29.3. The maximum atomic E-state index is 12.3. The molecule has 3 saturated heterocycles. The second-order valence-corrected chi connectivity index (χ2v) is 6.99. The number of hydrogen-bond acceptors (Lipinski definition) is 2. The third-order valence-corrected chi connectivity index (χ3v) is 5.15. The van der Waals surface area contributed by atoms with E-state index in [-0.39, 0.29) is 11.9 Å². The molecule has 0 aliphatic carbocycles. The summed E-state index contributed by atoms with van der Waals surface area (Å²) in [6, 6.07) is 5.83. The summed E-state index contributed by atoms with van der Waals surface area (Å²) in [6.07, 6.45) is 2.40. The van der Waals surface area contributed by atoms with Gasteiger partial charge in [-0.25, -0.2) is 0 Å². The van der Waals surface area contributed by atoms with Crippen LogP contribution in [0.4, 0.5) is 0 Å². The first-order valence-electron chi connectivity index (χ1n) is 6.62. The molecule has 2 bridgehead atoms. The standard InChI is InChI=1S/C14H16ClIN2O/c15-12-2-1-10(16)7-11(12)14(19)17-13-8-18-5-3-9(13)4-6-18/h1-2,7,9,13H,3-6,8H2,(H,17,19). The Morgan fingerprint density at radius 3 is 2.74 bits per heavy atom. The van der Waals surface area contributed by atoms with E-state index in [4.69, 9.17) is 11.6 Å². The number of halogens is 2. The molecule has 102 valence electrons. The SMILES string of the molecule is O=C(NC1CN2CCC1CC2)c1cc(I)ccc1Cl. The molecular weight excluding hydrogens is 375 g/mol. The van der Waals surface area contributed by atoms with Crippen molar-refractivity contribution in [3.05, 3.63) is 32.4 Å². The van der Waals surface area contributed by atoms with Crippen LogP contribution in [0.2, 0.25) is 5.02 Å². The van der Waals surface area contributed by atoms with Crippen molar-refractivity contribution in [3.8, 4) is 0 Å². The highest BCUT2D eigenvalue weighted by Crippen LogP contribution is 2.28. The third-order valence-electron chi connectivity index (χ3n) is 4.15. The van der Waals surface area contributed by atoms with E-state index >= 15 is 0 Å². The Kier molecular flexibility index (Phi) is 4.01. The molecule has 3 fully saturated rings. The van der Waals surface area contributed by atoms with Gasteiger partial charge in [-0.3, -0.25) is 4.79 Å². The van der Waals surface area contributed by atoms with Gasteiger partial charge in [-0.05, 0) is 72.6 Å². The van der Waals surface area contributed by atoms with Crippen molar-refractivity contribution in [3.63, 3.8) is 0 Å². The molecule has 3 heterocycles. The van der Waals surface area contributed by atoms with Crippen LogP contribution < -0.4 is 5.32 Å². The fraction of sp³-hybridized carbons (Fsp3) is 0.500. The van der Waals surface area contributed by atoms with Crippen molar-refractivity contribution in [1.82, 2.24) is 10.2 Å². The molecule has 3 aliphatic heterocycles. The number of carbonyl (C=O) groups is 1. The lowest BCUT2D eigenvalue weighted by Crippen LogP contribution is -2.57. The van der Waals surface area contributed by atoms with E-state index in [9.17, 15) is 4.79 Å². The first-order chi connectivity index (χ1) is 9.13. The molecule has 4 rings (SSSR count). The minimum Gasteiger partial charge on any atom is -0.348 e. The number of nitrogens with zero attached hydrogens (tertiary/aromatic N) is 1. The summed E-state index contributed by atoms with van der Waals surface area (Å²) in [6.45, 7) is 3.35. The summed E-state index contributed by atoms with van der Waals surface area (Å²) >= 11 is 8.31. The zero-order valence-corrected chi connectivity index (χ0v) is 13.4. The topological polar surface area (TPSA) is 32.3 Å². The van der Waals surface area contributed by atoms with Crippen LogP contribution in [-0.4, -0.2) is 36.5 Å². The van der Waals surface area contributed by atoms with Crippen molar-refractivity contribution >= 4 is 40.1 Å². The number of carbonyl (C=O) groups excluding carboxylic acids is 1. The Labute approximate surface area is 131 Å². The summed E-state index contributed by atoms with van der Waals surface area (Å²) in [4.78, 5) is 14.8. The zero-order chi connectivity index (χ0) is 13.4. The summed E-state index contributed by atoms with van der Waals surface area (Å²) in [5.74, 6) is 0.595. The van der Waals surface area contributed by atoms with Crippen molar-refractivity contribution < 1.29 is 4.79 Å². The molecule has 3 aliphatic rings. The van der Waals surface area contributed by atoms with E-state index in [1.54, 1.807) is 6.07 Å². The molecule has 1 amide bonds. The molecule has 1 aromatic carbocycles. The average molecular weight is 391 g/mol. The number of rotatable bonds is 2. The fourth-order valence-electron chi connectivity index (χ4n) is 3.05. The van der Waals surface area contributed by atoms with Gasteiger partial charge in [0.2, 0.25) is 0 Å². The van der Waals surface area contributed by atoms with Crippen molar-refractivity contribution in [1.29, 1.82) is 0 Å². The van der Waals surface area contributed by atoms with Gasteiger partial charge in [0, 0.05) is 16.2 Å². The van der Waals surface area contributed by atoms with Crippen molar-refractivity contribution in [2.45, 2.75) is 18.9 Å². The Balaban J connectivity index is 1.73. The van der Waals surface area contributed by atoms with Crippen molar-refractivity contribution in [2.75, 3.05) is 19.6 Å². The molecule has 0 saturated carbocycles. The summed E-state index contributed by atoms with van der Waals surface area (Å²) in [7, 11) is 0. The van der Waals surface area contributed by atoms with E-state index in [0.717, 1.165) is 10.1 Å². The molecule has 0 spiro atoms. The van der Waals surface area contributed by atoms with Crippen LogP contribution in [0.15, 0.2) is 18.2 Å². The van der Waals surface area contributed by atoms with Crippen LogP contribution in [0.1, 0.15) is 23.2 Å². The first kappa shape index (κ1) is 13.6. The predicted molar refractivity (Wildman–Crippen MR) is 84.6 cm³/mol. The molecule has 1 unspecified atom stereocenters. The van der Waals surface area contributed by atoms with E-state index in [1.165, 1.54) is 25.9 Å². The highest BCUT2D eigenvalue weighted by atomic mass is 127. The zero-order valence-electron chi connectivity index (χ0n) is 10.5. The molecule has 1 aromatic rings. The predicted octanol–water partition coefficient (Wildman–Crippen LogP) is 2.77. The Bertz CT molecular complexity index is 500. The van der Waals surface area contributed by atoms with Gasteiger partial charge in [0.05, 0.1) is 10.6 Å².